The van der Waals surface area contributed by atoms with Crippen LogP contribution in [0.2, 0.25) is 0 Å². The van der Waals surface area contributed by atoms with Crippen LogP contribution in [0, 0.1) is 5.92 Å². The van der Waals surface area contributed by atoms with Gasteiger partial charge in [-0.25, -0.2) is 9.59 Å². The van der Waals surface area contributed by atoms with Crippen molar-refractivity contribution >= 4 is 12.3 Å². The average Bonchev–Trinajstić information content (AvgIpc) is 2.62. The SMILES string of the molecule is CCOC(=O)OC1CCC(OC(=O)OCCCCCCCCC(C)C)CC1. The molecule has 1 aliphatic carbocycles. The van der Waals surface area contributed by atoms with E-state index in [1.807, 2.05) is 0 Å². The van der Waals surface area contributed by atoms with Gasteiger partial charge >= 0.3 is 12.3 Å². The molecule has 27 heavy (non-hydrogen) atoms. The number of unbranched alkanes of at least 4 members (excludes halogenated alkanes) is 5. The van der Waals surface area contributed by atoms with Crippen LogP contribution in [-0.2, 0) is 18.9 Å². The monoisotopic (exact) mass is 386 g/mol. The van der Waals surface area contributed by atoms with E-state index < -0.39 is 12.3 Å². The Morgan fingerprint density at radius 3 is 1.78 bits per heavy atom. The maximum atomic E-state index is 11.7. The molecule has 1 aliphatic rings. The van der Waals surface area contributed by atoms with Crippen molar-refractivity contribution in [3.05, 3.63) is 0 Å². The Labute approximate surface area is 164 Å². The van der Waals surface area contributed by atoms with E-state index in [1.165, 1.54) is 32.1 Å². The molecule has 0 saturated heterocycles. The molecule has 0 spiro atoms. The van der Waals surface area contributed by atoms with Crippen molar-refractivity contribution in [2.24, 2.45) is 5.92 Å². The summed E-state index contributed by atoms with van der Waals surface area (Å²) in [5.41, 5.74) is 0. The molecule has 0 radical (unpaired) electrons. The Hall–Kier alpha value is -1.46. The summed E-state index contributed by atoms with van der Waals surface area (Å²) in [6, 6.07) is 0. The van der Waals surface area contributed by atoms with Gasteiger partial charge < -0.3 is 18.9 Å². The summed E-state index contributed by atoms with van der Waals surface area (Å²) in [6.07, 6.45) is 9.54. The van der Waals surface area contributed by atoms with Crippen LogP contribution in [0.1, 0.15) is 91.4 Å². The van der Waals surface area contributed by atoms with Gasteiger partial charge in [0.1, 0.15) is 12.2 Å². The van der Waals surface area contributed by atoms with E-state index in [4.69, 9.17) is 18.9 Å². The van der Waals surface area contributed by atoms with E-state index in [-0.39, 0.29) is 12.2 Å². The van der Waals surface area contributed by atoms with Crippen molar-refractivity contribution < 1.29 is 28.5 Å². The fourth-order valence-corrected chi connectivity index (χ4v) is 3.24. The summed E-state index contributed by atoms with van der Waals surface area (Å²) in [7, 11) is 0. The highest BCUT2D eigenvalue weighted by Crippen LogP contribution is 2.24. The maximum absolute atomic E-state index is 11.7. The van der Waals surface area contributed by atoms with Gasteiger partial charge in [0, 0.05) is 0 Å². The molecular weight excluding hydrogens is 348 g/mol. The first-order valence-corrected chi connectivity index (χ1v) is 10.7. The van der Waals surface area contributed by atoms with Gasteiger partial charge in [-0.1, -0.05) is 52.4 Å². The number of carbonyl (C=O) groups excluding carboxylic acids is 2. The van der Waals surface area contributed by atoms with Gasteiger partial charge in [0.25, 0.3) is 0 Å². The first-order chi connectivity index (χ1) is 13.0. The van der Waals surface area contributed by atoms with Crippen molar-refractivity contribution in [2.45, 2.75) is 104 Å². The van der Waals surface area contributed by atoms with E-state index in [1.54, 1.807) is 6.92 Å². The lowest BCUT2D eigenvalue weighted by atomic mass is 9.95. The van der Waals surface area contributed by atoms with Crippen LogP contribution in [0.4, 0.5) is 9.59 Å². The van der Waals surface area contributed by atoms with Gasteiger partial charge in [0.15, 0.2) is 0 Å². The Balaban J connectivity index is 1.96. The van der Waals surface area contributed by atoms with Crippen LogP contribution < -0.4 is 0 Å². The predicted molar refractivity (Wildman–Crippen MR) is 104 cm³/mol. The predicted octanol–water partition coefficient (Wildman–Crippen LogP) is 6.01. The molecule has 1 rings (SSSR count). The van der Waals surface area contributed by atoms with Gasteiger partial charge in [-0.2, -0.15) is 0 Å². The Morgan fingerprint density at radius 2 is 1.26 bits per heavy atom. The van der Waals surface area contributed by atoms with Gasteiger partial charge in [-0.3, -0.25) is 0 Å². The largest absolute Gasteiger partial charge is 0.508 e. The van der Waals surface area contributed by atoms with E-state index in [0.717, 1.165) is 18.8 Å². The van der Waals surface area contributed by atoms with Gasteiger partial charge in [-0.05, 0) is 44.9 Å². The minimum absolute atomic E-state index is 0.152. The quantitative estimate of drug-likeness (QED) is 0.302. The highest BCUT2D eigenvalue weighted by molar-refractivity contribution is 5.60. The molecule has 0 aromatic heterocycles. The lowest BCUT2D eigenvalue weighted by Gasteiger charge is -2.27. The minimum atomic E-state index is -0.624. The number of rotatable bonds is 12. The van der Waals surface area contributed by atoms with E-state index in [9.17, 15) is 9.59 Å². The van der Waals surface area contributed by atoms with Gasteiger partial charge in [0.05, 0.1) is 13.2 Å². The average molecular weight is 387 g/mol. The fourth-order valence-electron chi connectivity index (χ4n) is 3.24. The van der Waals surface area contributed by atoms with Crippen LogP contribution >= 0.6 is 0 Å². The van der Waals surface area contributed by atoms with Crippen LogP contribution in [0.25, 0.3) is 0 Å². The lowest BCUT2D eigenvalue weighted by molar-refractivity contribution is -0.0260. The first kappa shape index (κ1) is 23.6. The number of ether oxygens (including phenoxy) is 4. The Morgan fingerprint density at radius 1 is 0.778 bits per heavy atom. The van der Waals surface area contributed by atoms with E-state index in [0.29, 0.717) is 38.9 Å². The summed E-state index contributed by atoms with van der Waals surface area (Å²) in [4.78, 5) is 23.0. The molecule has 0 unspecified atom stereocenters. The molecule has 0 amide bonds. The normalized spacial score (nSPS) is 19.6. The molecule has 0 aromatic rings. The van der Waals surface area contributed by atoms with Gasteiger partial charge in [-0.15, -0.1) is 0 Å². The molecule has 1 saturated carbocycles. The van der Waals surface area contributed by atoms with E-state index >= 15 is 0 Å². The zero-order valence-electron chi connectivity index (χ0n) is 17.4. The zero-order chi connectivity index (χ0) is 19.9. The zero-order valence-corrected chi connectivity index (χ0v) is 17.4. The van der Waals surface area contributed by atoms with Crippen LogP contribution in [0.15, 0.2) is 0 Å². The number of hydrogen-bond donors (Lipinski definition) is 0. The molecule has 0 aliphatic heterocycles. The molecule has 158 valence electrons. The second-order valence-electron chi connectivity index (χ2n) is 7.72. The molecule has 0 atom stereocenters. The van der Waals surface area contributed by atoms with Crippen molar-refractivity contribution in [3.63, 3.8) is 0 Å². The van der Waals surface area contributed by atoms with E-state index in [2.05, 4.69) is 13.8 Å². The fraction of sp³-hybridized carbons (Fsp3) is 0.905. The summed E-state index contributed by atoms with van der Waals surface area (Å²) in [6.45, 7) is 7.00. The lowest BCUT2D eigenvalue weighted by Crippen LogP contribution is -2.30. The molecule has 0 bridgehead atoms. The molecule has 0 N–H and O–H groups in total. The third-order valence-corrected chi connectivity index (χ3v) is 4.80. The van der Waals surface area contributed by atoms with Gasteiger partial charge in [0.2, 0.25) is 0 Å². The summed E-state index contributed by atoms with van der Waals surface area (Å²) < 4.78 is 20.5. The second-order valence-corrected chi connectivity index (χ2v) is 7.72. The number of carbonyl (C=O) groups is 2. The standard InChI is InChI=1S/C21H38O6/c1-4-24-20(22)26-18-12-14-19(15-13-18)27-21(23)25-16-10-8-6-5-7-9-11-17(2)3/h17-19H,4-16H2,1-3H3. The topological polar surface area (TPSA) is 71.1 Å². The highest BCUT2D eigenvalue weighted by atomic mass is 16.7. The molecule has 0 aromatic carbocycles. The van der Waals surface area contributed by atoms with Crippen molar-refractivity contribution in [1.29, 1.82) is 0 Å². The first-order valence-electron chi connectivity index (χ1n) is 10.7. The summed E-state index contributed by atoms with van der Waals surface area (Å²) >= 11 is 0. The molecule has 6 heteroatoms. The highest BCUT2D eigenvalue weighted by Gasteiger charge is 2.27. The third-order valence-electron chi connectivity index (χ3n) is 4.80. The Bertz CT molecular complexity index is 401. The van der Waals surface area contributed by atoms with Crippen LogP contribution in [0.3, 0.4) is 0 Å². The molecule has 6 nitrogen and oxygen atoms in total. The maximum Gasteiger partial charge on any atom is 0.508 e. The molecular formula is C21H38O6. The Kier molecular flexibility index (Phi) is 12.7. The summed E-state index contributed by atoms with van der Waals surface area (Å²) in [5, 5.41) is 0. The second kappa shape index (κ2) is 14.6. The summed E-state index contributed by atoms with van der Waals surface area (Å²) in [5.74, 6) is 0.796. The smallest absolute Gasteiger partial charge is 0.435 e. The van der Waals surface area contributed by atoms with Crippen LogP contribution in [0.5, 0.6) is 0 Å². The van der Waals surface area contributed by atoms with Crippen molar-refractivity contribution in [3.8, 4) is 0 Å². The third kappa shape index (κ3) is 12.5. The van der Waals surface area contributed by atoms with Crippen molar-refractivity contribution in [1.82, 2.24) is 0 Å². The van der Waals surface area contributed by atoms with Crippen molar-refractivity contribution in [2.75, 3.05) is 13.2 Å². The minimum Gasteiger partial charge on any atom is -0.435 e. The number of hydrogen-bond acceptors (Lipinski definition) is 6. The van der Waals surface area contributed by atoms with Crippen LogP contribution in [-0.4, -0.2) is 37.7 Å². The molecule has 0 heterocycles. The molecule has 1 fully saturated rings.